The Morgan fingerprint density at radius 1 is 1.32 bits per heavy atom. The molecule has 0 radical (unpaired) electrons. The highest BCUT2D eigenvalue weighted by molar-refractivity contribution is 5.81. The van der Waals surface area contributed by atoms with Crippen LogP contribution in [0.3, 0.4) is 0 Å². The fourth-order valence-electron chi connectivity index (χ4n) is 0.850. The van der Waals surface area contributed by atoms with Gasteiger partial charge in [-0.2, -0.15) is 10.1 Å². The Labute approximate surface area is 112 Å². The second kappa shape index (κ2) is 7.86. The number of rotatable bonds is 1. The minimum Gasteiger partial charge on any atom is -0.463 e. The fraction of sp³-hybridized carbons (Fsp3) is 0.308. The Hall–Kier alpha value is -2.37. The van der Waals surface area contributed by atoms with E-state index in [-0.39, 0.29) is 5.97 Å². The number of hydrazone groups is 1. The van der Waals surface area contributed by atoms with Crippen molar-refractivity contribution in [2.45, 2.75) is 26.4 Å². The molecule has 0 spiro atoms. The van der Waals surface area contributed by atoms with Crippen molar-refractivity contribution in [3.8, 4) is 0 Å². The van der Waals surface area contributed by atoms with Crippen LogP contribution in [0.4, 0.5) is 4.79 Å². The number of carbonyl (C=O) groups is 2. The van der Waals surface area contributed by atoms with E-state index in [9.17, 15) is 9.59 Å². The molecular weight excluding hydrogens is 248 g/mol. The number of esters is 1. The number of carboxylic acid groups (broad SMARTS) is 1. The Balaban J connectivity index is 0.000000344. The molecule has 104 valence electrons. The van der Waals surface area contributed by atoms with Crippen LogP contribution in [-0.2, 0) is 9.53 Å². The highest BCUT2D eigenvalue weighted by Gasteiger charge is 2.12. The van der Waals surface area contributed by atoms with Gasteiger partial charge in [0.1, 0.15) is 5.60 Å². The molecule has 0 bridgehead atoms. The van der Waals surface area contributed by atoms with Gasteiger partial charge in [-0.25, -0.2) is 9.59 Å². The fourth-order valence-corrected chi connectivity index (χ4v) is 0.850. The maximum absolute atomic E-state index is 10.5. The zero-order valence-corrected chi connectivity index (χ0v) is 11.2. The van der Waals surface area contributed by atoms with Gasteiger partial charge in [-0.1, -0.05) is 12.7 Å². The highest BCUT2D eigenvalue weighted by Crippen LogP contribution is 2.06. The average molecular weight is 266 g/mol. The third-order valence-corrected chi connectivity index (χ3v) is 1.50. The zero-order valence-electron chi connectivity index (χ0n) is 11.2. The third-order valence-electron chi connectivity index (χ3n) is 1.50. The standard InChI is InChI=1S/C7H12O2.C6H6N2O2/c1-5-6(8)9-7(2,3)4;9-6(10)8-5-3-1-2-4-7-8/h5H,1H2,2-4H3;1-5H,(H,9,10). The van der Waals surface area contributed by atoms with Gasteiger partial charge in [0.25, 0.3) is 0 Å². The summed E-state index contributed by atoms with van der Waals surface area (Å²) < 4.78 is 4.83. The highest BCUT2D eigenvalue weighted by atomic mass is 16.6. The lowest BCUT2D eigenvalue weighted by molar-refractivity contribution is -0.148. The Kier molecular flexibility index (Phi) is 6.88. The van der Waals surface area contributed by atoms with Gasteiger partial charge in [-0.3, -0.25) is 0 Å². The predicted octanol–water partition coefficient (Wildman–Crippen LogP) is 2.55. The van der Waals surface area contributed by atoms with Gasteiger partial charge in [0.05, 0.1) is 0 Å². The quantitative estimate of drug-likeness (QED) is 0.584. The molecular formula is C13H18N2O4. The number of allylic oxidation sites excluding steroid dienone is 3. The molecule has 0 aromatic heterocycles. The maximum Gasteiger partial charge on any atom is 0.432 e. The molecule has 6 nitrogen and oxygen atoms in total. The summed E-state index contributed by atoms with van der Waals surface area (Å²) >= 11 is 0. The minimum atomic E-state index is -1.09. The molecule has 1 aliphatic rings. The van der Waals surface area contributed by atoms with E-state index in [0.29, 0.717) is 0 Å². The van der Waals surface area contributed by atoms with Crippen LogP contribution in [0, 0.1) is 0 Å². The van der Waals surface area contributed by atoms with E-state index in [0.717, 1.165) is 11.1 Å². The lowest BCUT2D eigenvalue weighted by atomic mass is 10.2. The molecule has 0 aliphatic carbocycles. The second-order valence-electron chi connectivity index (χ2n) is 4.36. The number of carbonyl (C=O) groups excluding carboxylic acids is 1. The van der Waals surface area contributed by atoms with E-state index in [4.69, 9.17) is 9.84 Å². The van der Waals surface area contributed by atoms with Crippen molar-refractivity contribution in [2.24, 2.45) is 5.10 Å². The molecule has 0 atom stereocenters. The first-order valence-electron chi connectivity index (χ1n) is 5.51. The lowest BCUT2D eigenvalue weighted by Gasteiger charge is -2.17. The Morgan fingerprint density at radius 2 is 1.95 bits per heavy atom. The lowest BCUT2D eigenvalue weighted by Crippen LogP contribution is -2.22. The van der Waals surface area contributed by atoms with E-state index in [2.05, 4.69) is 11.7 Å². The number of hydrogen-bond donors (Lipinski definition) is 1. The molecule has 0 aromatic carbocycles. The molecule has 1 aliphatic heterocycles. The smallest absolute Gasteiger partial charge is 0.432 e. The van der Waals surface area contributed by atoms with Gasteiger partial charge in [-0.15, -0.1) is 0 Å². The van der Waals surface area contributed by atoms with Crippen molar-refractivity contribution in [2.75, 3.05) is 0 Å². The third kappa shape index (κ3) is 9.34. The predicted molar refractivity (Wildman–Crippen MR) is 72.7 cm³/mol. The van der Waals surface area contributed by atoms with Crippen LogP contribution in [0.2, 0.25) is 0 Å². The summed E-state index contributed by atoms with van der Waals surface area (Å²) in [4.78, 5) is 20.7. The molecule has 19 heavy (non-hydrogen) atoms. The molecule has 0 saturated carbocycles. The summed E-state index contributed by atoms with van der Waals surface area (Å²) in [6.07, 6.45) is 7.80. The van der Waals surface area contributed by atoms with Gasteiger partial charge < -0.3 is 9.84 Å². The number of hydrogen-bond acceptors (Lipinski definition) is 4. The molecule has 0 fully saturated rings. The molecule has 0 saturated heterocycles. The van der Waals surface area contributed by atoms with Gasteiger partial charge in [0.2, 0.25) is 0 Å². The van der Waals surface area contributed by atoms with Crippen molar-refractivity contribution < 1.29 is 19.4 Å². The van der Waals surface area contributed by atoms with Crippen molar-refractivity contribution in [3.05, 3.63) is 37.1 Å². The molecule has 0 aromatic rings. The first-order chi connectivity index (χ1) is 8.76. The van der Waals surface area contributed by atoms with E-state index in [1.165, 1.54) is 12.4 Å². The summed E-state index contributed by atoms with van der Waals surface area (Å²) in [6.45, 7) is 8.71. The van der Waals surface area contributed by atoms with Crippen molar-refractivity contribution in [1.82, 2.24) is 5.01 Å². The van der Waals surface area contributed by atoms with Crippen molar-refractivity contribution in [3.63, 3.8) is 0 Å². The zero-order chi connectivity index (χ0) is 14.9. The molecule has 1 N–H and O–H groups in total. The number of ether oxygens (including phenoxy) is 1. The number of amides is 1. The number of nitrogens with zero attached hydrogens (tertiary/aromatic N) is 2. The van der Waals surface area contributed by atoms with Crippen molar-refractivity contribution in [1.29, 1.82) is 0 Å². The van der Waals surface area contributed by atoms with E-state index in [1.54, 1.807) is 18.2 Å². The minimum absolute atomic E-state index is 0.373. The largest absolute Gasteiger partial charge is 0.463 e. The summed E-state index contributed by atoms with van der Waals surface area (Å²) in [5, 5.41) is 12.8. The molecule has 0 unspecified atom stereocenters. The molecule has 1 amide bonds. The Morgan fingerprint density at radius 3 is 2.37 bits per heavy atom. The summed E-state index contributed by atoms with van der Waals surface area (Å²) in [6, 6.07) is 0. The molecule has 6 heteroatoms. The summed E-state index contributed by atoms with van der Waals surface area (Å²) in [5.74, 6) is -0.373. The van der Waals surface area contributed by atoms with E-state index in [1.807, 2.05) is 20.8 Å². The second-order valence-corrected chi connectivity index (χ2v) is 4.36. The van der Waals surface area contributed by atoms with Gasteiger partial charge in [0, 0.05) is 18.5 Å². The molecule has 1 rings (SSSR count). The van der Waals surface area contributed by atoms with E-state index < -0.39 is 11.7 Å². The summed E-state index contributed by atoms with van der Waals surface area (Å²) in [7, 11) is 0. The topological polar surface area (TPSA) is 79.2 Å². The maximum atomic E-state index is 10.5. The van der Waals surface area contributed by atoms with Crippen LogP contribution in [0.5, 0.6) is 0 Å². The van der Waals surface area contributed by atoms with Crippen LogP contribution in [0.25, 0.3) is 0 Å². The van der Waals surface area contributed by atoms with Crippen LogP contribution in [0.1, 0.15) is 20.8 Å². The Bertz CT molecular complexity index is 401. The summed E-state index contributed by atoms with van der Waals surface area (Å²) in [5.41, 5.74) is -0.398. The average Bonchev–Trinajstić information content (AvgIpc) is 2.56. The van der Waals surface area contributed by atoms with Crippen molar-refractivity contribution >= 4 is 18.3 Å². The first kappa shape index (κ1) is 16.6. The van der Waals surface area contributed by atoms with Crippen LogP contribution >= 0.6 is 0 Å². The van der Waals surface area contributed by atoms with Crippen LogP contribution < -0.4 is 0 Å². The SMILES string of the molecule is C=CC(=O)OC(C)(C)C.O=C(O)N1C=CC=CC=N1. The first-order valence-corrected chi connectivity index (χ1v) is 5.51. The normalized spacial score (nSPS) is 13.1. The van der Waals surface area contributed by atoms with E-state index >= 15 is 0 Å². The van der Waals surface area contributed by atoms with Gasteiger partial charge in [-0.05, 0) is 32.9 Å². The monoisotopic (exact) mass is 266 g/mol. The molecule has 1 heterocycles. The van der Waals surface area contributed by atoms with Gasteiger partial charge in [0.15, 0.2) is 0 Å². The van der Waals surface area contributed by atoms with Crippen LogP contribution in [0.15, 0.2) is 42.2 Å². The van der Waals surface area contributed by atoms with Gasteiger partial charge >= 0.3 is 12.1 Å². The van der Waals surface area contributed by atoms with Crippen LogP contribution in [-0.4, -0.2) is 34.0 Å².